The van der Waals surface area contributed by atoms with Crippen LogP contribution in [0, 0.1) is 34.0 Å². The van der Waals surface area contributed by atoms with Crippen molar-refractivity contribution in [3.05, 3.63) is 70.0 Å². The van der Waals surface area contributed by atoms with Crippen molar-refractivity contribution in [3.8, 4) is 18.2 Å². The fraction of sp³-hybridized carbons (Fsp3) is 0.375. The molecule has 1 saturated heterocycles. The largest absolute Gasteiger partial charge is 0.495 e. The van der Waals surface area contributed by atoms with Crippen molar-refractivity contribution in [1.82, 2.24) is 0 Å². The molecule has 31 heavy (non-hydrogen) atoms. The van der Waals surface area contributed by atoms with Gasteiger partial charge in [-0.2, -0.15) is 15.8 Å². The van der Waals surface area contributed by atoms with Gasteiger partial charge < -0.3 is 14.0 Å². The Labute approximate surface area is 183 Å². The highest BCUT2D eigenvalue weighted by molar-refractivity contribution is 6.56. The van der Waals surface area contributed by atoms with E-state index in [9.17, 15) is 15.8 Å². The number of hydrogen-bond acceptors (Lipinski definition) is 6. The van der Waals surface area contributed by atoms with Gasteiger partial charge in [-0.25, -0.2) is 0 Å². The van der Waals surface area contributed by atoms with Crippen LogP contribution in [0.15, 0.2) is 70.0 Å². The predicted molar refractivity (Wildman–Crippen MR) is 117 cm³/mol. The van der Waals surface area contributed by atoms with Gasteiger partial charge in [-0.3, -0.25) is 0 Å². The Morgan fingerprint density at radius 1 is 0.968 bits per heavy atom. The van der Waals surface area contributed by atoms with Gasteiger partial charge in [0.05, 0.1) is 11.2 Å². The Hall–Kier alpha value is -3.31. The SMILES string of the molecule is C=C1C(/C=C/C2=C(C#N)C(=C(C#N)C#N)OC2(C)C)=CC=C1B1OC(C)(C)C(C)(C)O1. The van der Waals surface area contributed by atoms with Crippen molar-refractivity contribution < 1.29 is 14.0 Å². The maximum Gasteiger partial charge on any atom is 0.495 e. The van der Waals surface area contributed by atoms with Gasteiger partial charge >= 0.3 is 7.12 Å². The Balaban J connectivity index is 1.87. The van der Waals surface area contributed by atoms with Gasteiger partial charge in [-0.15, -0.1) is 0 Å². The van der Waals surface area contributed by atoms with Crippen LogP contribution in [0.3, 0.4) is 0 Å². The van der Waals surface area contributed by atoms with Crippen LogP contribution in [0.5, 0.6) is 0 Å². The van der Waals surface area contributed by atoms with E-state index in [0.29, 0.717) is 5.57 Å². The first kappa shape index (κ1) is 22.4. The van der Waals surface area contributed by atoms with E-state index in [1.807, 2.05) is 45.9 Å². The maximum absolute atomic E-state index is 9.66. The average Bonchev–Trinajstić information content (AvgIpc) is 3.23. The standard InChI is InChI=1S/C24H24BN3O3/c1-15-16(9-11-20(15)25-30-23(4,5)24(6,7)31-25)8-10-19-18(14-28)21(17(12-26)13-27)29-22(19,2)3/h8-11H,1H2,2-7H3/b10-8+. The Kier molecular flexibility index (Phi) is 5.37. The molecular formula is C24H24BN3O3. The topological polar surface area (TPSA) is 99.1 Å². The van der Waals surface area contributed by atoms with Crippen LogP contribution in [-0.4, -0.2) is 23.9 Å². The predicted octanol–water partition coefficient (Wildman–Crippen LogP) is 4.53. The summed E-state index contributed by atoms with van der Waals surface area (Å²) in [4.78, 5) is 0. The molecule has 0 N–H and O–H groups in total. The normalized spacial score (nSPS) is 23.3. The van der Waals surface area contributed by atoms with E-state index in [2.05, 4.69) is 12.6 Å². The monoisotopic (exact) mass is 413 g/mol. The molecule has 0 aromatic heterocycles. The van der Waals surface area contributed by atoms with Crippen molar-refractivity contribution in [2.24, 2.45) is 0 Å². The lowest BCUT2D eigenvalue weighted by Crippen LogP contribution is -2.41. The smallest absolute Gasteiger partial charge is 0.480 e. The van der Waals surface area contributed by atoms with E-state index >= 15 is 0 Å². The molecule has 1 fully saturated rings. The molecule has 0 saturated carbocycles. The minimum atomic E-state index is -0.863. The molecule has 0 bridgehead atoms. The van der Waals surface area contributed by atoms with E-state index < -0.39 is 23.9 Å². The first-order valence-corrected chi connectivity index (χ1v) is 9.92. The third-order valence-corrected chi connectivity index (χ3v) is 6.14. The number of ether oxygens (including phenoxy) is 1. The summed E-state index contributed by atoms with van der Waals surface area (Å²) in [6.45, 7) is 15.8. The summed E-state index contributed by atoms with van der Waals surface area (Å²) in [7, 11) is -0.511. The van der Waals surface area contributed by atoms with Crippen LogP contribution in [0.1, 0.15) is 41.5 Å². The molecule has 0 atom stereocenters. The lowest BCUT2D eigenvalue weighted by Gasteiger charge is -2.32. The van der Waals surface area contributed by atoms with Crippen molar-refractivity contribution in [2.45, 2.75) is 58.3 Å². The average molecular weight is 413 g/mol. The summed E-state index contributed by atoms with van der Waals surface area (Å²) in [6, 6.07) is 5.66. The third-order valence-electron chi connectivity index (χ3n) is 6.14. The van der Waals surface area contributed by atoms with Gasteiger partial charge in [0.25, 0.3) is 0 Å². The van der Waals surface area contributed by atoms with Crippen LogP contribution >= 0.6 is 0 Å². The Bertz CT molecular complexity index is 1110. The second kappa shape index (κ2) is 7.43. The first-order chi connectivity index (χ1) is 14.4. The Morgan fingerprint density at radius 2 is 1.55 bits per heavy atom. The van der Waals surface area contributed by atoms with Crippen LogP contribution in [0.4, 0.5) is 0 Å². The zero-order chi connectivity index (χ0) is 23.2. The molecule has 3 aliphatic rings. The highest BCUT2D eigenvalue weighted by Crippen LogP contribution is 2.43. The molecule has 0 spiro atoms. The summed E-state index contributed by atoms with van der Waals surface area (Å²) in [5.41, 5.74) is 1.27. The summed E-state index contributed by atoms with van der Waals surface area (Å²) in [5, 5.41) is 28.0. The second-order valence-corrected chi connectivity index (χ2v) is 9.08. The van der Waals surface area contributed by atoms with Gasteiger partial charge in [-0.1, -0.05) is 30.9 Å². The molecule has 7 heteroatoms. The quantitative estimate of drug-likeness (QED) is 0.498. The number of rotatable bonds is 3. The van der Waals surface area contributed by atoms with Crippen LogP contribution in [0.2, 0.25) is 0 Å². The first-order valence-electron chi connectivity index (χ1n) is 9.92. The molecule has 2 aliphatic heterocycles. The maximum atomic E-state index is 9.66. The minimum Gasteiger partial charge on any atom is -0.480 e. The van der Waals surface area contributed by atoms with Crippen molar-refractivity contribution in [3.63, 3.8) is 0 Å². The zero-order valence-corrected chi connectivity index (χ0v) is 18.7. The molecule has 0 amide bonds. The summed E-state index contributed by atoms with van der Waals surface area (Å²) in [6.07, 6.45) is 7.46. The fourth-order valence-electron chi connectivity index (χ4n) is 3.55. The van der Waals surface area contributed by atoms with Crippen LogP contribution in [0.25, 0.3) is 0 Å². The molecule has 0 radical (unpaired) electrons. The van der Waals surface area contributed by atoms with Crippen LogP contribution in [-0.2, 0) is 14.0 Å². The van der Waals surface area contributed by atoms with E-state index in [-0.39, 0.29) is 16.9 Å². The highest BCUT2D eigenvalue weighted by Gasteiger charge is 2.53. The number of hydrogen-bond donors (Lipinski definition) is 0. The minimum absolute atomic E-state index is 0.0208. The van der Waals surface area contributed by atoms with E-state index in [0.717, 1.165) is 16.6 Å². The summed E-state index contributed by atoms with van der Waals surface area (Å²) >= 11 is 0. The molecule has 3 rings (SSSR count). The van der Waals surface area contributed by atoms with E-state index in [1.165, 1.54) is 0 Å². The lowest BCUT2D eigenvalue weighted by molar-refractivity contribution is 0.00578. The van der Waals surface area contributed by atoms with Crippen molar-refractivity contribution >= 4 is 7.12 Å². The van der Waals surface area contributed by atoms with Crippen LogP contribution < -0.4 is 0 Å². The summed E-state index contributed by atoms with van der Waals surface area (Å²) in [5.74, 6) is 0.0208. The molecule has 0 aromatic carbocycles. The number of nitriles is 3. The van der Waals surface area contributed by atoms with Gasteiger partial charge in [0, 0.05) is 5.57 Å². The van der Waals surface area contributed by atoms with Gasteiger partial charge in [0.1, 0.15) is 29.4 Å². The molecule has 2 heterocycles. The zero-order valence-electron chi connectivity index (χ0n) is 18.7. The molecule has 0 aromatic rings. The molecule has 156 valence electrons. The molecule has 6 nitrogen and oxygen atoms in total. The van der Waals surface area contributed by atoms with Gasteiger partial charge in [-0.05, 0) is 58.2 Å². The lowest BCUT2D eigenvalue weighted by atomic mass is 9.74. The Morgan fingerprint density at radius 3 is 2.06 bits per heavy atom. The van der Waals surface area contributed by atoms with Gasteiger partial charge in [0.2, 0.25) is 0 Å². The molecular weight excluding hydrogens is 389 g/mol. The van der Waals surface area contributed by atoms with Crippen molar-refractivity contribution in [2.75, 3.05) is 0 Å². The highest BCUT2D eigenvalue weighted by atomic mass is 16.7. The van der Waals surface area contributed by atoms with E-state index in [1.54, 1.807) is 32.1 Å². The third kappa shape index (κ3) is 3.66. The molecule has 0 unspecified atom stereocenters. The molecule has 1 aliphatic carbocycles. The number of nitrogens with zero attached hydrogens (tertiary/aromatic N) is 3. The summed E-state index contributed by atoms with van der Waals surface area (Å²) < 4.78 is 18.0. The fourth-order valence-corrected chi connectivity index (χ4v) is 3.55. The van der Waals surface area contributed by atoms with E-state index in [4.69, 9.17) is 14.0 Å². The second-order valence-electron chi connectivity index (χ2n) is 9.08. The number of allylic oxidation sites excluding steroid dienone is 8. The van der Waals surface area contributed by atoms with Gasteiger partial charge in [0.15, 0.2) is 11.3 Å². The van der Waals surface area contributed by atoms with Crippen molar-refractivity contribution in [1.29, 1.82) is 15.8 Å².